The van der Waals surface area contributed by atoms with Gasteiger partial charge in [-0.05, 0) is 71.9 Å². The first kappa shape index (κ1) is 14.5. The number of hydrogen-bond acceptors (Lipinski definition) is 2. The minimum absolute atomic E-state index is 0.0913. The maximum atomic E-state index is 12.5. The van der Waals surface area contributed by atoms with Crippen LogP contribution in [0.1, 0.15) is 44.1 Å². The van der Waals surface area contributed by atoms with E-state index in [1.165, 1.54) is 35.7 Å². The van der Waals surface area contributed by atoms with Crippen LogP contribution in [0.3, 0.4) is 0 Å². The van der Waals surface area contributed by atoms with Gasteiger partial charge < -0.3 is 5.32 Å². The van der Waals surface area contributed by atoms with Crippen LogP contribution in [0.25, 0.3) is 0 Å². The third kappa shape index (κ3) is 3.42. The van der Waals surface area contributed by atoms with Crippen molar-refractivity contribution in [2.24, 2.45) is 5.92 Å². The maximum absolute atomic E-state index is 12.5. The van der Waals surface area contributed by atoms with Crippen LogP contribution in [0.5, 0.6) is 0 Å². The van der Waals surface area contributed by atoms with Gasteiger partial charge in [-0.2, -0.15) is 0 Å². The summed E-state index contributed by atoms with van der Waals surface area (Å²) in [4.78, 5) is 12.5. The normalized spacial score (nSPS) is 29.8. The number of carbonyl (C=O) groups excluding carboxylic acids is 1. The molecule has 1 aromatic carbocycles. The Hall–Kier alpha value is -0.420. The van der Waals surface area contributed by atoms with Gasteiger partial charge in [0, 0.05) is 16.0 Å². The third-order valence-corrected chi connectivity index (χ3v) is 5.55. The summed E-state index contributed by atoms with van der Waals surface area (Å²) in [5, 5.41) is 3.64. The molecule has 0 bridgehead atoms. The number of hydrogen-bond donors (Lipinski definition) is 1. The number of halogens is 1. The highest BCUT2D eigenvalue weighted by Gasteiger charge is 2.34. The van der Waals surface area contributed by atoms with Crippen LogP contribution < -0.4 is 5.32 Å². The first-order valence-corrected chi connectivity index (χ1v) is 8.83. The van der Waals surface area contributed by atoms with E-state index in [1.807, 2.05) is 0 Å². The lowest BCUT2D eigenvalue weighted by molar-refractivity contribution is -0.121. The molecule has 3 unspecified atom stereocenters. The van der Waals surface area contributed by atoms with Crippen LogP contribution >= 0.6 is 22.6 Å². The number of carbonyl (C=O) groups is 1. The molecule has 0 spiro atoms. The van der Waals surface area contributed by atoms with Crippen LogP contribution in [0, 0.1) is 9.49 Å². The Morgan fingerprint density at radius 3 is 2.65 bits per heavy atom. The molecule has 1 N–H and O–H groups in total. The number of benzene rings is 1. The number of fused-ring (bicyclic) bond motifs is 1. The zero-order valence-corrected chi connectivity index (χ0v) is 13.9. The molecule has 1 aliphatic heterocycles. The van der Waals surface area contributed by atoms with Gasteiger partial charge in [0.2, 0.25) is 0 Å². The molecule has 2 fully saturated rings. The van der Waals surface area contributed by atoms with Crippen LogP contribution in [0.15, 0.2) is 24.3 Å². The van der Waals surface area contributed by atoms with E-state index in [0.717, 1.165) is 17.9 Å². The number of ketones is 1. The Balaban J connectivity index is 1.58. The second-order valence-electron chi connectivity index (χ2n) is 6.22. The Bertz CT molecular complexity index is 470. The first-order chi connectivity index (χ1) is 9.72. The second-order valence-corrected chi connectivity index (χ2v) is 7.46. The minimum atomic E-state index is 0.0913. The van der Waals surface area contributed by atoms with Gasteiger partial charge in [0.15, 0.2) is 5.78 Å². The minimum Gasteiger partial charge on any atom is -0.304 e. The topological polar surface area (TPSA) is 29.1 Å². The molecule has 3 atom stereocenters. The number of rotatable bonds is 3. The molecule has 0 amide bonds. The summed E-state index contributed by atoms with van der Waals surface area (Å²) in [6.45, 7) is 0. The molecule has 1 saturated heterocycles. The molecule has 1 heterocycles. The molecule has 108 valence electrons. The molecule has 1 aliphatic carbocycles. The van der Waals surface area contributed by atoms with Gasteiger partial charge in [0.05, 0.1) is 6.04 Å². The quantitative estimate of drug-likeness (QED) is 0.807. The highest BCUT2D eigenvalue weighted by atomic mass is 127. The van der Waals surface area contributed by atoms with E-state index in [2.05, 4.69) is 52.2 Å². The van der Waals surface area contributed by atoms with Crippen molar-refractivity contribution in [2.45, 2.75) is 57.0 Å². The van der Waals surface area contributed by atoms with E-state index in [-0.39, 0.29) is 6.04 Å². The first-order valence-electron chi connectivity index (χ1n) is 7.75. The van der Waals surface area contributed by atoms with Crippen LogP contribution in [-0.2, 0) is 11.2 Å². The zero-order chi connectivity index (χ0) is 13.9. The Morgan fingerprint density at radius 1 is 1.10 bits per heavy atom. The summed E-state index contributed by atoms with van der Waals surface area (Å²) >= 11 is 2.30. The maximum Gasteiger partial charge on any atom is 0.154 e. The third-order valence-electron chi connectivity index (χ3n) is 4.83. The van der Waals surface area contributed by atoms with E-state index in [1.54, 1.807) is 0 Å². The van der Waals surface area contributed by atoms with Gasteiger partial charge in [-0.1, -0.05) is 25.0 Å². The zero-order valence-electron chi connectivity index (χ0n) is 11.8. The average molecular weight is 383 g/mol. The molecule has 0 radical (unpaired) electrons. The fourth-order valence-corrected chi connectivity index (χ4v) is 4.04. The van der Waals surface area contributed by atoms with Crippen molar-refractivity contribution in [3.05, 3.63) is 33.4 Å². The van der Waals surface area contributed by atoms with Crippen molar-refractivity contribution in [3.63, 3.8) is 0 Å². The van der Waals surface area contributed by atoms with E-state index in [0.29, 0.717) is 18.2 Å². The van der Waals surface area contributed by atoms with Gasteiger partial charge in [-0.25, -0.2) is 0 Å². The predicted molar refractivity (Wildman–Crippen MR) is 89.8 cm³/mol. The summed E-state index contributed by atoms with van der Waals surface area (Å²) in [5.74, 6) is 1.20. The summed E-state index contributed by atoms with van der Waals surface area (Å²) in [5.41, 5.74) is 1.14. The van der Waals surface area contributed by atoms with E-state index in [9.17, 15) is 4.79 Å². The lowest BCUT2D eigenvalue weighted by atomic mass is 9.77. The molecule has 1 saturated carbocycles. The summed E-state index contributed by atoms with van der Waals surface area (Å²) < 4.78 is 1.22. The van der Waals surface area contributed by atoms with Crippen molar-refractivity contribution in [3.8, 4) is 0 Å². The van der Waals surface area contributed by atoms with E-state index in [4.69, 9.17) is 0 Å². The molecule has 20 heavy (non-hydrogen) atoms. The number of nitrogens with one attached hydrogen (secondary N) is 1. The fourth-order valence-electron chi connectivity index (χ4n) is 3.68. The average Bonchev–Trinajstić information content (AvgIpc) is 2.49. The summed E-state index contributed by atoms with van der Waals surface area (Å²) in [6, 6.07) is 9.00. The Labute approximate surface area is 134 Å². The largest absolute Gasteiger partial charge is 0.304 e. The highest BCUT2D eigenvalue weighted by molar-refractivity contribution is 14.1. The summed E-state index contributed by atoms with van der Waals surface area (Å²) in [7, 11) is 0. The van der Waals surface area contributed by atoms with E-state index < -0.39 is 0 Å². The molecule has 2 nitrogen and oxygen atoms in total. The van der Waals surface area contributed by atoms with Crippen molar-refractivity contribution < 1.29 is 4.79 Å². The fraction of sp³-hybridized carbons (Fsp3) is 0.588. The number of Topliss-reactive ketones (excluding diaryl/α,β-unsaturated/α-hetero) is 1. The van der Waals surface area contributed by atoms with Gasteiger partial charge in [-0.15, -0.1) is 0 Å². The van der Waals surface area contributed by atoms with Crippen LogP contribution in [-0.4, -0.2) is 17.9 Å². The van der Waals surface area contributed by atoms with Gasteiger partial charge in [0.25, 0.3) is 0 Å². The highest BCUT2D eigenvalue weighted by Crippen LogP contribution is 2.32. The molecule has 2 aliphatic rings. The smallest absolute Gasteiger partial charge is 0.154 e. The Kier molecular flexibility index (Phi) is 4.76. The standard InChI is InChI=1S/C17H22INO/c18-14-8-5-12(6-9-14)11-17(20)16-10-7-13-3-1-2-4-15(13)19-16/h5-6,8-9,13,15-16,19H,1-4,7,10-11H2. The second kappa shape index (κ2) is 6.56. The molecule has 3 heteroatoms. The van der Waals surface area contributed by atoms with Crippen LogP contribution in [0.4, 0.5) is 0 Å². The van der Waals surface area contributed by atoms with Gasteiger partial charge in [-0.3, -0.25) is 4.79 Å². The number of piperidine rings is 1. The predicted octanol–water partition coefficient (Wildman–Crippen LogP) is 3.71. The van der Waals surface area contributed by atoms with Gasteiger partial charge in [0.1, 0.15) is 0 Å². The SMILES string of the molecule is O=C(Cc1ccc(I)cc1)C1CCC2CCCCC2N1. The van der Waals surface area contributed by atoms with Crippen molar-refractivity contribution in [2.75, 3.05) is 0 Å². The van der Waals surface area contributed by atoms with Crippen molar-refractivity contribution in [1.82, 2.24) is 5.32 Å². The lowest BCUT2D eigenvalue weighted by Crippen LogP contribution is -2.52. The molecule has 0 aromatic heterocycles. The molecule has 1 aromatic rings. The molecule has 3 rings (SSSR count). The van der Waals surface area contributed by atoms with Crippen molar-refractivity contribution in [1.29, 1.82) is 0 Å². The van der Waals surface area contributed by atoms with E-state index >= 15 is 0 Å². The van der Waals surface area contributed by atoms with Crippen molar-refractivity contribution >= 4 is 28.4 Å². The molecular weight excluding hydrogens is 361 g/mol. The van der Waals surface area contributed by atoms with Gasteiger partial charge >= 0.3 is 0 Å². The van der Waals surface area contributed by atoms with Crippen LogP contribution in [0.2, 0.25) is 0 Å². The lowest BCUT2D eigenvalue weighted by Gasteiger charge is -2.40. The molecular formula is C17H22INO. The monoisotopic (exact) mass is 383 g/mol. The Morgan fingerprint density at radius 2 is 1.85 bits per heavy atom. The summed E-state index contributed by atoms with van der Waals surface area (Å²) in [6.07, 6.45) is 8.17.